The van der Waals surface area contributed by atoms with Crippen LogP contribution in [0.15, 0.2) is 66.7 Å². The number of carbonyl (C=O) groups is 4. The minimum atomic E-state index is -1.03. The molecule has 5 rings (SSSR count). The van der Waals surface area contributed by atoms with Crippen molar-refractivity contribution in [3.63, 3.8) is 0 Å². The average molecular weight is 472 g/mol. The maximum absolute atomic E-state index is 12.6. The highest BCUT2D eigenvalue weighted by Crippen LogP contribution is 2.32. The van der Waals surface area contributed by atoms with Crippen LogP contribution in [-0.4, -0.2) is 36.6 Å². The maximum atomic E-state index is 12.6. The van der Waals surface area contributed by atoms with Gasteiger partial charge in [0.2, 0.25) is 6.79 Å². The van der Waals surface area contributed by atoms with E-state index in [4.69, 9.17) is 14.2 Å². The molecule has 1 unspecified atom stereocenters. The number of esters is 1. The number of nitrogens with one attached hydrogen (secondary N) is 1. The Kier molecular flexibility index (Phi) is 5.66. The molecule has 3 aromatic rings. The average Bonchev–Trinajstić information content (AvgIpc) is 3.44. The first-order chi connectivity index (χ1) is 16.9. The molecule has 35 heavy (non-hydrogen) atoms. The molecule has 0 saturated heterocycles. The number of nitrogens with zero attached hydrogens (tertiary/aromatic N) is 1. The summed E-state index contributed by atoms with van der Waals surface area (Å²) in [6.45, 7) is 1.86. The Morgan fingerprint density at radius 3 is 2.29 bits per heavy atom. The van der Waals surface area contributed by atoms with Crippen molar-refractivity contribution in [1.29, 1.82) is 0 Å². The number of ether oxygens (including phenoxy) is 3. The molecule has 3 amide bonds. The fourth-order valence-corrected chi connectivity index (χ4v) is 3.84. The normalized spacial score (nSPS) is 14.5. The lowest BCUT2D eigenvalue weighted by atomic mass is 10.1. The zero-order chi connectivity index (χ0) is 24.5. The van der Waals surface area contributed by atoms with Gasteiger partial charge in [0.15, 0.2) is 17.6 Å². The summed E-state index contributed by atoms with van der Waals surface area (Å²) in [5.74, 6) is -0.747. The molecule has 0 bridgehead atoms. The summed E-state index contributed by atoms with van der Waals surface area (Å²) < 4.78 is 15.9. The number of rotatable bonds is 6. The lowest BCUT2D eigenvalue weighted by Crippen LogP contribution is -2.35. The molecule has 3 aromatic carbocycles. The minimum Gasteiger partial charge on any atom is -0.454 e. The summed E-state index contributed by atoms with van der Waals surface area (Å²) in [5.41, 5.74) is 2.00. The second-order valence-electron chi connectivity index (χ2n) is 7.99. The van der Waals surface area contributed by atoms with Gasteiger partial charge in [0.25, 0.3) is 17.7 Å². The van der Waals surface area contributed by atoms with Gasteiger partial charge in [-0.3, -0.25) is 14.4 Å². The Morgan fingerprint density at radius 1 is 0.943 bits per heavy atom. The van der Waals surface area contributed by atoms with Crippen molar-refractivity contribution in [3.8, 4) is 11.5 Å². The van der Waals surface area contributed by atoms with Crippen molar-refractivity contribution < 1.29 is 33.4 Å². The van der Waals surface area contributed by atoms with E-state index in [9.17, 15) is 19.2 Å². The minimum absolute atomic E-state index is 0.164. The van der Waals surface area contributed by atoms with Crippen LogP contribution in [0.2, 0.25) is 0 Å². The summed E-state index contributed by atoms with van der Waals surface area (Å²) in [6, 6.07) is 17.8. The van der Waals surface area contributed by atoms with Crippen molar-refractivity contribution in [3.05, 3.63) is 89.0 Å². The number of benzene rings is 3. The molecule has 0 aromatic heterocycles. The molecule has 2 heterocycles. The molecule has 2 aliphatic heterocycles. The van der Waals surface area contributed by atoms with E-state index in [1.165, 1.54) is 31.2 Å². The Balaban J connectivity index is 1.18. The molecular weight excluding hydrogens is 452 g/mol. The molecule has 2 aliphatic rings. The van der Waals surface area contributed by atoms with Crippen molar-refractivity contribution >= 4 is 29.4 Å². The summed E-state index contributed by atoms with van der Waals surface area (Å²) >= 11 is 0. The fourth-order valence-electron chi connectivity index (χ4n) is 3.84. The molecule has 1 N–H and O–H groups in total. The number of hydrogen-bond acceptors (Lipinski definition) is 7. The van der Waals surface area contributed by atoms with Crippen LogP contribution in [0.1, 0.15) is 43.6 Å². The van der Waals surface area contributed by atoms with Gasteiger partial charge >= 0.3 is 5.97 Å². The predicted octanol–water partition coefficient (Wildman–Crippen LogP) is 3.08. The van der Waals surface area contributed by atoms with Crippen LogP contribution in [0.5, 0.6) is 11.5 Å². The van der Waals surface area contributed by atoms with Crippen LogP contribution < -0.4 is 19.7 Å². The predicted molar refractivity (Wildman–Crippen MR) is 123 cm³/mol. The molecule has 0 aliphatic carbocycles. The van der Waals surface area contributed by atoms with E-state index in [1.807, 2.05) is 0 Å². The highest BCUT2D eigenvalue weighted by atomic mass is 16.7. The molecule has 176 valence electrons. The fraction of sp³-hybridized carbons (Fsp3) is 0.154. The Labute approximate surface area is 200 Å². The first kappa shape index (κ1) is 22.1. The smallest absolute Gasteiger partial charge is 0.338 e. The van der Waals surface area contributed by atoms with Gasteiger partial charge in [-0.05, 0) is 61.0 Å². The molecule has 0 radical (unpaired) electrons. The molecule has 0 saturated carbocycles. The monoisotopic (exact) mass is 472 g/mol. The summed E-state index contributed by atoms with van der Waals surface area (Å²) in [7, 11) is 0. The molecule has 0 fully saturated rings. The first-order valence-electron chi connectivity index (χ1n) is 10.9. The number of amides is 3. The van der Waals surface area contributed by atoms with Crippen LogP contribution in [0.4, 0.5) is 5.69 Å². The third-order valence-corrected chi connectivity index (χ3v) is 5.71. The number of carbonyl (C=O) groups excluding carboxylic acids is 4. The van der Waals surface area contributed by atoms with Gasteiger partial charge in [0, 0.05) is 6.54 Å². The number of hydrogen-bond donors (Lipinski definition) is 1. The molecular formula is C26H20N2O7. The van der Waals surface area contributed by atoms with Crippen molar-refractivity contribution in [1.82, 2.24) is 5.32 Å². The quantitative estimate of drug-likeness (QED) is 0.434. The van der Waals surface area contributed by atoms with Gasteiger partial charge in [-0.15, -0.1) is 0 Å². The molecule has 0 spiro atoms. The number of anilines is 1. The second-order valence-corrected chi connectivity index (χ2v) is 7.99. The van der Waals surface area contributed by atoms with Gasteiger partial charge in [-0.2, -0.15) is 0 Å². The lowest BCUT2D eigenvalue weighted by Gasteiger charge is -2.16. The van der Waals surface area contributed by atoms with E-state index >= 15 is 0 Å². The Bertz CT molecular complexity index is 1320. The van der Waals surface area contributed by atoms with Crippen LogP contribution >= 0.6 is 0 Å². The number of imide groups is 1. The summed E-state index contributed by atoms with van der Waals surface area (Å²) in [5, 5.41) is 2.72. The van der Waals surface area contributed by atoms with Gasteiger partial charge in [0.05, 0.1) is 22.4 Å². The molecule has 9 heteroatoms. The maximum Gasteiger partial charge on any atom is 0.338 e. The third kappa shape index (κ3) is 4.19. The first-order valence-corrected chi connectivity index (χ1v) is 10.9. The standard InChI is InChI=1S/C26H20N2O7/c1-15(23(29)27-13-16-6-11-21-22(12-16)34-14-33-21)35-26(32)17-7-9-18(10-8-17)28-24(30)19-4-2-3-5-20(19)25(28)31/h2-12,15H,13-14H2,1H3,(H,27,29). The molecule has 9 nitrogen and oxygen atoms in total. The highest BCUT2D eigenvalue weighted by molar-refractivity contribution is 6.34. The van der Waals surface area contributed by atoms with E-state index in [0.29, 0.717) is 28.3 Å². The van der Waals surface area contributed by atoms with Crippen LogP contribution in [0.25, 0.3) is 0 Å². The van der Waals surface area contributed by atoms with E-state index in [0.717, 1.165) is 10.5 Å². The largest absolute Gasteiger partial charge is 0.454 e. The van der Waals surface area contributed by atoms with Crippen LogP contribution in [0, 0.1) is 0 Å². The van der Waals surface area contributed by atoms with Gasteiger partial charge in [-0.1, -0.05) is 18.2 Å². The van der Waals surface area contributed by atoms with Gasteiger partial charge < -0.3 is 19.5 Å². The Morgan fingerprint density at radius 2 is 1.60 bits per heavy atom. The van der Waals surface area contributed by atoms with Crippen molar-refractivity contribution in [2.24, 2.45) is 0 Å². The van der Waals surface area contributed by atoms with Gasteiger partial charge in [-0.25, -0.2) is 9.69 Å². The second kappa shape index (κ2) is 8.94. The zero-order valence-electron chi connectivity index (χ0n) is 18.6. The van der Waals surface area contributed by atoms with E-state index in [1.54, 1.807) is 42.5 Å². The van der Waals surface area contributed by atoms with E-state index < -0.39 is 29.8 Å². The highest BCUT2D eigenvalue weighted by Gasteiger charge is 2.36. The van der Waals surface area contributed by atoms with Crippen molar-refractivity contribution in [2.45, 2.75) is 19.6 Å². The SMILES string of the molecule is CC(OC(=O)c1ccc(N2C(=O)c3ccccc3C2=O)cc1)C(=O)NCc1ccc2c(c1)OCO2. The van der Waals surface area contributed by atoms with E-state index in [2.05, 4.69) is 5.32 Å². The number of fused-ring (bicyclic) bond motifs is 2. The van der Waals surface area contributed by atoms with Crippen LogP contribution in [-0.2, 0) is 16.1 Å². The summed E-state index contributed by atoms with van der Waals surface area (Å²) in [4.78, 5) is 51.2. The third-order valence-electron chi connectivity index (χ3n) is 5.71. The molecule has 1 atom stereocenters. The summed E-state index contributed by atoms with van der Waals surface area (Å²) in [6.07, 6.45) is -1.03. The van der Waals surface area contributed by atoms with E-state index in [-0.39, 0.29) is 18.9 Å². The van der Waals surface area contributed by atoms with Crippen molar-refractivity contribution in [2.75, 3.05) is 11.7 Å². The Hall–Kier alpha value is -4.66. The topological polar surface area (TPSA) is 111 Å². The lowest BCUT2D eigenvalue weighted by molar-refractivity contribution is -0.129. The zero-order valence-corrected chi connectivity index (χ0v) is 18.6. The van der Waals surface area contributed by atoms with Crippen LogP contribution in [0.3, 0.4) is 0 Å². The van der Waals surface area contributed by atoms with Gasteiger partial charge in [0.1, 0.15) is 0 Å².